The fourth-order valence-electron chi connectivity index (χ4n) is 2.39. The molecule has 0 saturated heterocycles. The van der Waals surface area contributed by atoms with Crippen LogP contribution in [0, 0.1) is 6.92 Å². The van der Waals surface area contributed by atoms with Crippen LogP contribution in [0.2, 0.25) is 0 Å². The maximum Gasteiger partial charge on any atom is 0.289 e. The lowest BCUT2D eigenvalue weighted by Gasteiger charge is -2.03. The molecular formula is C18H21N5O2. The Hall–Kier alpha value is -2.96. The Morgan fingerprint density at radius 1 is 1.28 bits per heavy atom. The molecule has 0 fully saturated rings. The molecule has 2 heterocycles. The summed E-state index contributed by atoms with van der Waals surface area (Å²) in [5.74, 6) is 0.728. The van der Waals surface area contributed by atoms with Gasteiger partial charge in [-0.15, -0.1) is 5.10 Å². The maximum atomic E-state index is 12.2. The van der Waals surface area contributed by atoms with E-state index in [1.165, 1.54) is 0 Å². The number of amides is 1. The molecule has 0 aliphatic carbocycles. The number of nitrogens with one attached hydrogen (secondary N) is 1. The van der Waals surface area contributed by atoms with Crippen LogP contribution in [-0.2, 0) is 6.54 Å². The Morgan fingerprint density at radius 3 is 2.72 bits per heavy atom. The van der Waals surface area contributed by atoms with Gasteiger partial charge < -0.3 is 9.73 Å². The van der Waals surface area contributed by atoms with Crippen molar-refractivity contribution < 1.29 is 9.21 Å². The minimum Gasteiger partial charge on any atom is -0.435 e. The Bertz CT molecular complexity index is 851. The van der Waals surface area contributed by atoms with Gasteiger partial charge in [0.15, 0.2) is 5.89 Å². The van der Waals surface area contributed by atoms with E-state index in [1.54, 1.807) is 11.6 Å². The molecule has 3 aromatic rings. The van der Waals surface area contributed by atoms with Gasteiger partial charge >= 0.3 is 0 Å². The van der Waals surface area contributed by atoms with E-state index in [4.69, 9.17) is 4.42 Å². The predicted molar refractivity (Wildman–Crippen MR) is 93.1 cm³/mol. The Morgan fingerprint density at radius 2 is 2.04 bits per heavy atom. The second kappa shape index (κ2) is 7.29. The highest BCUT2D eigenvalue weighted by Crippen LogP contribution is 2.17. The molecule has 0 saturated carbocycles. The van der Waals surface area contributed by atoms with Crippen molar-refractivity contribution in [2.75, 3.05) is 6.54 Å². The minimum absolute atomic E-state index is 0.145. The van der Waals surface area contributed by atoms with Crippen molar-refractivity contribution in [1.82, 2.24) is 25.3 Å². The number of nitrogens with zero attached hydrogens (tertiary/aromatic N) is 4. The summed E-state index contributed by atoms with van der Waals surface area (Å²) in [7, 11) is 0. The Balaban J connectivity index is 1.56. The van der Waals surface area contributed by atoms with Crippen LogP contribution in [0.25, 0.3) is 11.3 Å². The van der Waals surface area contributed by atoms with Gasteiger partial charge in [-0.25, -0.2) is 4.98 Å². The van der Waals surface area contributed by atoms with Crippen LogP contribution in [-0.4, -0.2) is 32.4 Å². The van der Waals surface area contributed by atoms with Crippen LogP contribution in [0.1, 0.15) is 41.9 Å². The largest absolute Gasteiger partial charge is 0.435 e. The van der Waals surface area contributed by atoms with E-state index in [9.17, 15) is 4.79 Å². The van der Waals surface area contributed by atoms with Gasteiger partial charge in [0, 0.05) is 18.0 Å². The molecule has 7 nitrogen and oxygen atoms in total. The molecule has 1 N–H and O–H groups in total. The highest BCUT2D eigenvalue weighted by atomic mass is 16.4. The number of aryl methyl sites for hydroxylation is 1. The van der Waals surface area contributed by atoms with E-state index in [0.717, 1.165) is 11.3 Å². The van der Waals surface area contributed by atoms with E-state index < -0.39 is 0 Å². The van der Waals surface area contributed by atoms with Crippen molar-refractivity contribution in [3.8, 4) is 11.3 Å². The first-order chi connectivity index (χ1) is 12.0. The average molecular weight is 339 g/mol. The fourth-order valence-corrected chi connectivity index (χ4v) is 2.39. The van der Waals surface area contributed by atoms with Gasteiger partial charge in [0.1, 0.15) is 5.69 Å². The quantitative estimate of drug-likeness (QED) is 0.746. The first-order valence-electron chi connectivity index (χ1n) is 8.25. The van der Waals surface area contributed by atoms with Gasteiger partial charge in [-0.05, 0) is 6.92 Å². The highest BCUT2D eigenvalue weighted by Gasteiger charge is 2.18. The van der Waals surface area contributed by atoms with Gasteiger partial charge in [0.25, 0.3) is 5.91 Å². The Kier molecular flexibility index (Phi) is 4.92. The molecule has 130 valence electrons. The van der Waals surface area contributed by atoms with Crippen molar-refractivity contribution >= 4 is 5.91 Å². The normalized spacial score (nSPS) is 11.0. The number of rotatable bonds is 6. The molecule has 25 heavy (non-hydrogen) atoms. The van der Waals surface area contributed by atoms with Crippen LogP contribution in [0.3, 0.4) is 0 Å². The standard InChI is InChI=1S/C18H21N5O2/c1-12(2)18-20-13(3)16(25-18)17(24)19-9-10-23-11-15(21-22-23)14-7-5-4-6-8-14/h4-8,11-12H,9-10H2,1-3H3,(H,19,24). The van der Waals surface area contributed by atoms with E-state index in [1.807, 2.05) is 50.4 Å². The number of hydrogen-bond donors (Lipinski definition) is 1. The van der Waals surface area contributed by atoms with Gasteiger partial charge in [0.2, 0.25) is 5.76 Å². The predicted octanol–water partition coefficient (Wildman–Crippen LogP) is 2.79. The average Bonchev–Trinajstić information content (AvgIpc) is 3.22. The molecule has 0 atom stereocenters. The summed E-state index contributed by atoms with van der Waals surface area (Å²) in [5.41, 5.74) is 2.42. The van der Waals surface area contributed by atoms with Crippen molar-refractivity contribution in [3.63, 3.8) is 0 Å². The first kappa shape index (κ1) is 16.9. The molecule has 2 aromatic heterocycles. The third-order valence-corrected chi connectivity index (χ3v) is 3.75. The fraction of sp³-hybridized carbons (Fsp3) is 0.333. The molecule has 1 aromatic carbocycles. The van der Waals surface area contributed by atoms with Crippen LogP contribution in [0.5, 0.6) is 0 Å². The molecule has 0 radical (unpaired) electrons. The third-order valence-electron chi connectivity index (χ3n) is 3.75. The maximum absolute atomic E-state index is 12.2. The van der Waals surface area contributed by atoms with E-state index in [0.29, 0.717) is 24.7 Å². The van der Waals surface area contributed by atoms with Crippen LogP contribution >= 0.6 is 0 Å². The number of hydrogen-bond acceptors (Lipinski definition) is 5. The number of aromatic nitrogens is 4. The molecule has 0 spiro atoms. The molecule has 0 aliphatic rings. The first-order valence-corrected chi connectivity index (χ1v) is 8.25. The highest BCUT2D eigenvalue weighted by molar-refractivity contribution is 5.92. The van der Waals surface area contributed by atoms with Gasteiger partial charge in [-0.2, -0.15) is 0 Å². The van der Waals surface area contributed by atoms with Crippen LogP contribution in [0.15, 0.2) is 40.9 Å². The van der Waals surface area contributed by atoms with Gasteiger partial charge in [-0.1, -0.05) is 49.4 Å². The summed E-state index contributed by atoms with van der Waals surface area (Å²) in [6, 6.07) is 9.84. The summed E-state index contributed by atoms with van der Waals surface area (Å²) in [5, 5.41) is 11.1. The molecule has 1 amide bonds. The molecular weight excluding hydrogens is 318 g/mol. The third kappa shape index (κ3) is 3.93. The lowest BCUT2D eigenvalue weighted by Crippen LogP contribution is -2.27. The van der Waals surface area contributed by atoms with Crippen molar-refractivity contribution in [2.24, 2.45) is 0 Å². The summed E-state index contributed by atoms with van der Waals surface area (Å²) in [4.78, 5) is 16.5. The molecule has 0 unspecified atom stereocenters. The number of carbonyl (C=O) groups excluding carboxylic acids is 1. The van der Waals surface area contributed by atoms with Crippen molar-refractivity contribution in [2.45, 2.75) is 33.2 Å². The lowest BCUT2D eigenvalue weighted by atomic mass is 10.2. The monoisotopic (exact) mass is 339 g/mol. The zero-order valence-corrected chi connectivity index (χ0v) is 14.6. The molecule has 7 heteroatoms. The zero-order valence-electron chi connectivity index (χ0n) is 14.6. The summed E-state index contributed by atoms with van der Waals surface area (Å²) in [6.45, 7) is 6.67. The summed E-state index contributed by atoms with van der Waals surface area (Å²) in [6.07, 6.45) is 1.86. The molecule has 3 rings (SSSR count). The van der Waals surface area contributed by atoms with Crippen LogP contribution in [0.4, 0.5) is 0 Å². The number of carbonyl (C=O) groups is 1. The van der Waals surface area contributed by atoms with Crippen molar-refractivity contribution in [3.05, 3.63) is 53.9 Å². The zero-order chi connectivity index (χ0) is 17.8. The van der Waals surface area contributed by atoms with E-state index in [-0.39, 0.29) is 17.6 Å². The van der Waals surface area contributed by atoms with Gasteiger partial charge in [-0.3, -0.25) is 9.48 Å². The second-order valence-corrected chi connectivity index (χ2v) is 6.11. The number of benzene rings is 1. The Labute approximate surface area is 146 Å². The van der Waals surface area contributed by atoms with Gasteiger partial charge in [0.05, 0.1) is 18.4 Å². The van der Waals surface area contributed by atoms with Crippen LogP contribution < -0.4 is 5.32 Å². The van der Waals surface area contributed by atoms with E-state index in [2.05, 4.69) is 20.6 Å². The molecule has 0 aliphatic heterocycles. The SMILES string of the molecule is Cc1nc(C(C)C)oc1C(=O)NCCn1cc(-c2ccccc2)nn1. The second-order valence-electron chi connectivity index (χ2n) is 6.11. The summed E-state index contributed by atoms with van der Waals surface area (Å²) < 4.78 is 7.25. The lowest BCUT2D eigenvalue weighted by molar-refractivity contribution is 0.0921. The topological polar surface area (TPSA) is 85.8 Å². The smallest absolute Gasteiger partial charge is 0.289 e. The number of oxazole rings is 1. The van der Waals surface area contributed by atoms with Crippen molar-refractivity contribution in [1.29, 1.82) is 0 Å². The summed E-state index contributed by atoms with van der Waals surface area (Å²) >= 11 is 0. The minimum atomic E-state index is -0.264. The molecule has 0 bridgehead atoms. The van der Waals surface area contributed by atoms with E-state index >= 15 is 0 Å².